The van der Waals surface area contributed by atoms with Gasteiger partial charge in [-0.3, -0.25) is 4.90 Å². The molecule has 1 fully saturated rings. The number of hydrogen-bond acceptors (Lipinski definition) is 4. The first-order chi connectivity index (χ1) is 9.64. The van der Waals surface area contributed by atoms with Crippen LogP contribution in [0.15, 0.2) is 18.2 Å². The first kappa shape index (κ1) is 15.1. The standard InChI is InChI=1S/C15H19FN2OS/c1-19-13-5-3-4-12(14(13)16)10-18-8-6-15(11-17,20-2)7-9-18/h3-5H,6-10H2,1-2H3. The number of likely N-dealkylation sites (tertiary alicyclic amines) is 1. The molecule has 0 aliphatic carbocycles. The highest BCUT2D eigenvalue weighted by Crippen LogP contribution is 2.34. The van der Waals surface area contributed by atoms with Gasteiger partial charge in [0, 0.05) is 25.2 Å². The van der Waals surface area contributed by atoms with Crippen molar-refractivity contribution in [3.05, 3.63) is 29.6 Å². The number of piperidine rings is 1. The van der Waals surface area contributed by atoms with Gasteiger partial charge in [-0.25, -0.2) is 4.39 Å². The van der Waals surface area contributed by atoms with Crippen LogP contribution in [0, 0.1) is 17.1 Å². The summed E-state index contributed by atoms with van der Waals surface area (Å²) in [5, 5.41) is 9.26. The molecule has 1 aromatic rings. The van der Waals surface area contributed by atoms with Crippen LogP contribution in [-0.2, 0) is 6.54 Å². The largest absolute Gasteiger partial charge is 0.494 e. The van der Waals surface area contributed by atoms with E-state index in [9.17, 15) is 9.65 Å². The van der Waals surface area contributed by atoms with Gasteiger partial charge in [0.2, 0.25) is 0 Å². The van der Waals surface area contributed by atoms with Crippen molar-refractivity contribution in [2.45, 2.75) is 24.1 Å². The number of halogens is 1. The van der Waals surface area contributed by atoms with Crippen molar-refractivity contribution in [1.82, 2.24) is 4.90 Å². The Labute approximate surface area is 123 Å². The minimum absolute atomic E-state index is 0.260. The molecule has 0 N–H and O–H groups in total. The number of ether oxygens (including phenoxy) is 1. The van der Waals surface area contributed by atoms with Gasteiger partial charge < -0.3 is 4.74 Å². The lowest BCUT2D eigenvalue weighted by Crippen LogP contribution is -2.41. The van der Waals surface area contributed by atoms with E-state index in [-0.39, 0.29) is 16.3 Å². The Balaban J connectivity index is 2.02. The summed E-state index contributed by atoms with van der Waals surface area (Å²) in [6.45, 7) is 2.22. The molecule has 0 saturated carbocycles. The third-order valence-corrected chi connectivity index (χ3v) is 5.20. The minimum atomic E-state index is -0.281. The average molecular weight is 294 g/mol. The third-order valence-electron chi connectivity index (χ3n) is 3.92. The van der Waals surface area contributed by atoms with Crippen LogP contribution >= 0.6 is 11.8 Å². The van der Waals surface area contributed by atoms with E-state index in [1.54, 1.807) is 23.9 Å². The monoisotopic (exact) mass is 294 g/mol. The molecule has 0 atom stereocenters. The Morgan fingerprint density at radius 3 is 2.70 bits per heavy atom. The zero-order valence-electron chi connectivity index (χ0n) is 11.9. The lowest BCUT2D eigenvalue weighted by molar-refractivity contribution is 0.206. The number of nitrogens with zero attached hydrogens (tertiary/aromatic N) is 2. The molecule has 0 spiro atoms. The van der Waals surface area contributed by atoms with Crippen molar-refractivity contribution in [2.75, 3.05) is 26.5 Å². The van der Waals surface area contributed by atoms with E-state index >= 15 is 0 Å². The van der Waals surface area contributed by atoms with E-state index in [0.717, 1.165) is 25.9 Å². The van der Waals surface area contributed by atoms with Crippen LogP contribution < -0.4 is 4.74 Å². The van der Waals surface area contributed by atoms with Crippen molar-refractivity contribution in [3.8, 4) is 11.8 Å². The van der Waals surface area contributed by atoms with Crippen LogP contribution in [0.25, 0.3) is 0 Å². The molecule has 0 bridgehead atoms. The fourth-order valence-corrected chi connectivity index (χ4v) is 3.19. The van der Waals surface area contributed by atoms with Crippen LogP contribution in [0.3, 0.4) is 0 Å². The lowest BCUT2D eigenvalue weighted by Gasteiger charge is -2.36. The predicted molar refractivity (Wildman–Crippen MR) is 79.3 cm³/mol. The molecule has 0 unspecified atom stereocenters. The van der Waals surface area contributed by atoms with Gasteiger partial charge in [-0.1, -0.05) is 12.1 Å². The molecule has 1 saturated heterocycles. The number of rotatable bonds is 4. The average Bonchev–Trinajstić information content (AvgIpc) is 2.50. The third kappa shape index (κ3) is 3.08. The van der Waals surface area contributed by atoms with E-state index in [2.05, 4.69) is 11.0 Å². The van der Waals surface area contributed by atoms with Gasteiger partial charge in [-0.05, 0) is 25.2 Å². The molecular weight excluding hydrogens is 275 g/mol. The van der Waals surface area contributed by atoms with Crippen LogP contribution in [0.2, 0.25) is 0 Å². The molecular formula is C15H19FN2OS. The van der Waals surface area contributed by atoms with Gasteiger partial charge in [-0.15, -0.1) is 11.8 Å². The van der Waals surface area contributed by atoms with E-state index in [1.807, 2.05) is 12.3 Å². The highest BCUT2D eigenvalue weighted by Gasteiger charge is 2.34. The highest BCUT2D eigenvalue weighted by atomic mass is 32.2. The van der Waals surface area contributed by atoms with E-state index < -0.39 is 0 Å². The summed E-state index contributed by atoms with van der Waals surface area (Å²) < 4.78 is 18.8. The molecule has 1 aliphatic heterocycles. The maximum absolute atomic E-state index is 14.1. The van der Waals surface area contributed by atoms with Crippen LogP contribution in [-0.4, -0.2) is 36.1 Å². The van der Waals surface area contributed by atoms with Gasteiger partial charge in [-0.2, -0.15) is 5.26 Å². The molecule has 1 heterocycles. The molecule has 20 heavy (non-hydrogen) atoms. The van der Waals surface area contributed by atoms with Crippen LogP contribution in [0.1, 0.15) is 18.4 Å². The molecule has 0 radical (unpaired) electrons. The highest BCUT2D eigenvalue weighted by molar-refractivity contribution is 8.00. The summed E-state index contributed by atoms with van der Waals surface area (Å²) in [5.41, 5.74) is 0.651. The fraction of sp³-hybridized carbons (Fsp3) is 0.533. The lowest BCUT2D eigenvalue weighted by atomic mass is 9.97. The molecule has 1 aromatic carbocycles. The Morgan fingerprint density at radius 2 is 2.15 bits per heavy atom. The Kier molecular flexibility index (Phi) is 4.90. The molecule has 5 heteroatoms. The predicted octanol–water partition coefficient (Wildman–Crippen LogP) is 3.06. The summed E-state index contributed by atoms with van der Waals surface area (Å²) >= 11 is 1.63. The van der Waals surface area contributed by atoms with Crippen LogP contribution in [0.4, 0.5) is 4.39 Å². The minimum Gasteiger partial charge on any atom is -0.494 e. The van der Waals surface area contributed by atoms with E-state index in [0.29, 0.717) is 12.1 Å². The Hall–Kier alpha value is -1.25. The summed E-state index contributed by atoms with van der Waals surface area (Å²) in [7, 11) is 1.48. The second kappa shape index (κ2) is 6.47. The first-order valence-corrected chi connectivity index (χ1v) is 7.87. The van der Waals surface area contributed by atoms with Crippen molar-refractivity contribution in [2.24, 2.45) is 0 Å². The summed E-state index contributed by atoms with van der Waals surface area (Å²) in [6, 6.07) is 7.65. The van der Waals surface area contributed by atoms with Crippen molar-refractivity contribution in [3.63, 3.8) is 0 Å². The smallest absolute Gasteiger partial charge is 0.169 e. The van der Waals surface area contributed by atoms with Crippen molar-refractivity contribution in [1.29, 1.82) is 5.26 Å². The van der Waals surface area contributed by atoms with E-state index in [4.69, 9.17) is 4.74 Å². The second-order valence-electron chi connectivity index (χ2n) is 5.02. The first-order valence-electron chi connectivity index (χ1n) is 6.64. The Morgan fingerprint density at radius 1 is 1.45 bits per heavy atom. The summed E-state index contributed by atoms with van der Waals surface area (Å²) in [6.07, 6.45) is 3.65. The fourth-order valence-electron chi connectivity index (χ4n) is 2.51. The number of nitriles is 1. The SMILES string of the molecule is COc1cccc(CN2CCC(C#N)(SC)CC2)c1F. The molecule has 2 rings (SSSR count). The van der Waals surface area contributed by atoms with Crippen molar-refractivity contribution >= 4 is 11.8 Å². The number of thioether (sulfide) groups is 1. The molecule has 1 aliphatic rings. The van der Waals surface area contributed by atoms with Gasteiger partial charge >= 0.3 is 0 Å². The van der Waals surface area contributed by atoms with Gasteiger partial charge in [0.05, 0.1) is 13.2 Å². The normalized spacial score (nSPS) is 18.5. The molecule has 3 nitrogen and oxygen atoms in total. The summed E-state index contributed by atoms with van der Waals surface area (Å²) in [4.78, 5) is 2.20. The maximum Gasteiger partial charge on any atom is 0.169 e. The Bertz CT molecular complexity index is 507. The maximum atomic E-state index is 14.1. The van der Waals surface area contributed by atoms with Gasteiger partial charge in [0.1, 0.15) is 4.75 Å². The quantitative estimate of drug-likeness (QED) is 0.855. The van der Waals surface area contributed by atoms with Gasteiger partial charge in [0.15, 0.2) is 11.6 Å². The number of benzene rings is 1. The zero-order valence-corrected chi connectivity index (χ0v) is 12.7. The van der Waals surface area contributed by atoms with Gasteiger partial charge in [0.25, 0.3) is 0 Å². The number of hydrogen-bond donors (Lipinski definition) is 0. The molecule has 0 aromatic heterocycles. The topological polar surface area (TPSA) is 36.3 Å². The van der Waals surface area contributed by atoms with Crippen LogP contribution in [0.5, 0.6) is 5.75 Å². The molecule has 0 amide bonds. The zero-order chi connectivity index (χ0) is 14.6. The second-order valence-corrected chi connectivity index (χ2v) is 6.21. The molecule has 108 valence electrons. The number of methoxy groups -OCH3 is 1. The summed E-state index contributed by atoms with van der Waals surface area (Å²) in [5.74, 6) is 0.00646. The van der Waals surface area contributed by atoms with E-state index in [1.165, 1.54) is 7.11 Å². The van der Waals surface area contributed by atoms with Crippen molar-refractivity contribution < 1.29 is 9.13 Å².